The lowest BCUT2D eigenvalue weighted by Crippen LogP contribution is -2.98. The lowest BCUT2D eigenvalue weighted by atomic mass is 10.3. The maximum atomic E-state index is 11.2. The molecule has 66 valence electrons. The smallest absolute Gasteiger partial charge is 0.289 e. The van der Waals surface area contributed by atoms with Gasteiger partial charge in [0.05, 0.1) is 6.20 Å². The van der Waals surface area contributed by atoms with Gasteiger partial charge in [-0.3, -0.25) is 0 Å². The Bertz CT molecular complexity index is 387. The molecule has 0 bridgehead atoms. The quantitative estimate of drug-likeness (QED) is 0.440. The summed E-state index contributed by atoms with van der Waals surface area (Å²) in [6.45, 7) is 0. The van der Waals surface area contributed by atoms with Gasteiger partial charge in [-0.05, 0) is 6.08 Å². The summed E-state index contributed by atoms with van der Waals surface area (Å²) in [6.07, 6.45) is 7.28. The first kappa shape index (κ1) is 7.90. The van der Waals surface area contributed by atoms with E-state index in [1.54, 1.807) is 12.2 Å². The number of quaternary nitrogens is 1. The first-order valence-electron chi connectivity index (χ1n) is 3.75. The third-order valence-electron chi connectivity index (χ3n) is 1.78. The Morgan fingerprint density at radius 3 is 2.92 bits per heavy atom. The van der Waals surface area contributed by atoms with Gasteiger partial charge in [-0.15, -0.1) is 0 Å². The van der Waals surface area contributed by atoms with Gasteiger partial charge in [0.15, 0.2) is 11.4 Å². The van der Waals surface area contributed by atoms with Gasteiger partial charge in [-0.25, -0.2) is 4.73 Å². The van der Waals surface area contributed by atoms with Gasteiger partial charge in [0, 0.05) is 12.1 Å². The fourth-order valence-corrected chi connectivity index (χ4v) is 1.17. The van der Waals surface area contributed by atoms with Crippen LogP contribution in [0.15, 0.2) is 36.9 Å². The molecule has 5 nitrogen and oxygen atoms in total. The third kappa shape index (κ3) is 1.30. The number of allylic oxidation sites excluding steroid dienone is 2. The first-order valence-corrected chi connectivity index (χ1v) is 3.75. The lowest BCUT2D eigenvalue weighted by molar-refractivity contribution is -0.715. The fraction of sp³-hybridized carbons (Fsp3) is 0. The van der Waals surface area contributed by atoms with Gasteiger partial charge < -0.3 is 15.5 Å². The number of nitrogens with one attached hydrogen (secondary N) is 1. The summed E-state index contributed by atoms with van der Waals surface area (Å²) < 4.78 is 0.580. The summed E-state index contributed by atoms with van der Waals surface area (Å²) in [7, 11) is 0. The molecule has 0 saturated heterocycles. The summed E-state index contributed by atoms with van der Waals surface area (Å²) in [5.41, 5.74) is 0.752. The van der Waals surface area contributed by atoms with Gasteiger partial charge >= 0.3 is 0 Å². The first-order chi connectivity index (χ1) is 6.29. The average Bonchev–Trinajstić information content (AvgIpc) is 2.52. The molecule has 2 heterocycles. The third-order valence-corrected chi connectivity index (χ3v) is 1.78. The maximum absolute atomic E-state index is 11.2. The van der Waals surface area contributed by atoms with Crippen LogP contribution in [-0.2, 0) is 0 Å². The second-order valence-electron chi connectivity index (χ2n) is 2.60. The highest BCUT2D eigenvalue weighted by Gasteiger charge is 2.16. The SMILES string of the molecule is [O-][n+]1cnccc1C1=CC=C[NH+]1[O-]. The number of rotatable bonds is 1. The molecule has 0 fully saturated rings. The van der Waals surface area contributed by atoms with Crippen LogP contribution in [0.4, 0.5) is 0 Å². The van der Waals surface area contributed by atoms with Crippen molar-refractivity contribution in [2.24, 2.45) is 0 Å². The minimum atomic E-state index is -0.143. The molecule has 0 saturated carbocycles. The van der Waals surface area contributed by atoms with Crippen molar-refractivity contribution in [3.05, 3.63) is 53.1 Å². The van der Waals surface area contributed by atoms with Crippen LogP contribution in [0.3, 0.4) is 0 Å². The van der Waals surface area contributed by atoms with Crippen LogP contribution in [-0.4, -0.2) is 4.98 Å². The van der Waals surface area contributed by atoms with Crippen LogP contribution in [0.25, 0.3) is 5.70 Å². The molecule has 2 rings (SSSR count). The number of nitrogens with zero attached hydrogens (tertiary/aromatic N) is 2. The molecule has 0 aliphatic carbocycles. The number of hydrogen-bond acceptors (Lipinski definition) is 3. The van der Waals surface area contributed by atoms with Crippen molar-refractivity contribution in [2.75, 3.05) is 0 Å². The van der Waals surface area contributed by atoms with Crippen molar-refractivity contribution < 1.29 is 9.79 Å². The second kappa shape index (κ2) is 2.96. The Morgan fingerprint density at radius 2 is 2.31 bits per heavy atom. The van der Waals surface area contributed by atoms with E-state index < -0.39 is 0 Å². The zero-order chi connectivity index (χ0) is 9.26. The number of aromatic nitrogens is 2. The highest BCUT2D eigenvalue weighted by atomic mass is 16.5. The van der Waals surface area contributed by atoms with Crippen molar-refractivity contribution in [3.63, 3.8) is 0 Å². The maximum Gasteiger partial charge on any atom is 0.289 e. The summed E-state index contributed by atoms with van der Waals surface area (Å²) >= 11 is 0. The van der Waals surface area contributed by atoms with Gasteiger partial charge in [0.2, 0.25) is 0 Å². The van der Waals surface area contributed by atoms with Gasteiger partial charge in [0.25, 0.3) is 6.33 Å². The molecule has 0 amide bonds. The molecule has 1 aromatic rings. The van der Waals surface area contributed by atoms with E-state index in [0.717, 1.165) is 6.33 Å². The molecule has 0 spiro atoms. The molecule has 1 N–H and O–H groups in total. The molecular weight excluding hydrogens is 170 g/mol. The minimum absolute atomic E-state index is 0.143. The van der Waals surface area contributed by atoms with E-state index >= 15 is 0 Å². The summed E-state index contributed by atoms with van der Waals surface area (Å²) in [4.78, 5) is 3.63. The molecule has 1 aliphatic rings. The summed E-state index contributed by atoms with van der Waals surface area (Å²) in [5.74, 6) is 0. The van der Waals surface area contributed by atoms with Gasteiger partial charge in [-0.2, -0.15) is 0 Å². The molecule has 1 aromatic heterocycles. The van der Waals surface area contributed by atoms with Gasteiger partial charge in [0.1, 0.15) is 6.20 Å². The van der Waals surface area contributed by atoms with Crippen molar-refractivity contribution in [3.8, 4) is 0 Å². The molecular formula is C8H7N3O2. The second-order valence-corrected chi connectivity index (χ2v) is 2.60. The zero-order valence-electron chi connectivity index (χ0n) is 6.68. The Balaban J connectivity index is 2.42. The van der Waals surface area contributed by atoms with Crippen LogP contribution in [0.1, 0.15) is 5.69 Å². The van der Waals surface area contributed by atoms with Crippen molar-refractivity contribution in [1.29, 1.82) is 0 Å². The molecule has 5 heteroatoms. The van der Waals surface area contributed by atoms with Crippen LogP contribution in [0, 0.1) is 10.4 Å². The predicted octanol–water partition coefficient (Wildman–Crippen LogP) is -1.03. The fourth-order valence-electron chi connectivity index (χ4n) is 1.17. The zero-order valence-corrected chi connectivity index (χ0v) is 6.68. The van der Waals surface area contributed by atoms with E-state index in [1.165, 1.54) is 18.5 Å². The van der Waals surface area contributed by atoms with Gasteiger partial charge in [-0.1, -0.05) is 4.98 Å². The van der Waals surface area contributed by atoms with Crippen molar-refractivity contribution in [1.82, 2.24) is 4.98 Å². The Kier molecular flexibility index (Phi) is 1.80. The van der Waals surface area contributed by atoms with Crippen LogP contribution >= 0.6 is 0 Å². The number of hydroxylamine groups is 2. The largest absolute Gasteiger partial charge is 0.710 e. The molecule has 0 aromatic carbocycles. The van der Waals surface area contributed by atoms with Crippen molar-refractivity contribution in [2.45, 2.75) is 0 Å². The van der Waals surface area contributed by atoms with E-state index in [-0.39, 0.29) is 5.06 Å². The Hall–Kier alpha value is -1.72. The summed E-state index contributed by atoms with van der Waals surface area (Å²) in [5, 5.41) is 22.2. The van der Waals surface area contributed by atoms with Crippen LogP contribution < -0.4 is 9.79 Å². The van der Waals surface area contributed by atoms with E-state index in [9.17, 15) is 10.4 Å². The topological polar surface area (TPSA) is 67.3 Å². The van der Waals surface area contributed by atoms with Crippen LogP contribution in [0.2, 0.25) is 0 Å². The van der Waals surface area contributed by atoms with E-state index in [4.69, 9.17) is 0 Å². The van der Waals surface area contributed by atoms with E-state index in [0.29, 0.717) is 16.1 Å². The molecule has 1 unspecified atom stereocenters. The van der Waals surface area contributed by atoms with E-state index in [2.05, 4.69) is 4.98 Å². The number of hydrogen-bond donors (Lipinski definition) is 1. The van der Waals surface area contributed by atoms with E-state index in [1.807, 2.05) is 0 Å². The lowest BCUT2D eigenvalue weighted by Gasteiger charge is -2.16. The standard InChI is InChI=1S/C8H7N3O2/c12-10-5-1-2-7(10)8-3-4-9-6-11(8)13/h1-6,10H. The highest BCUT2D eigenvalue weighted by Crippen LogP contribution is 2.04. The monoisotopic (exact) mass is 177 g/mol. The molecule has 1 aliphatic heterocycles. The Morgan fingerprint density at radius 1 is 1.46 bits per heavy atom. The average molecular weight is 177 g/mol. The predicted molar refractivity (Wildman–Crippen MR) is 44.6 cm³/mol. The van der Waals surface area contributed by atoms with Crippen molar-refractivity contribution >= 4 is 5.70 Å². The van der Waals surface area contributed by atoms with Crippen LogP contribution in [0.5, 0.6) is 0 Å². The normalized spacial score (nSPS) is 20.4. The molecule has 1 atom stereocenters. The molecule has 0 radical (unpaired) electrons. The minimum Gasteiger partial charge on any atom is -0.710 e. The Labute approximate surface area is 74.4 Å². The summed E-state index contributed by atoms with van der Waals surface area (Å²) in [6, 6.07) is 1.52. The highest BCUT2D eigenvalue weighted by molar-refractivity contribution is 5.56. The molecule has 13 heavy (non-hydrogen) atoms.